The van der Waals surface area contributed by atoms with Crippen molar-refractivity contribution in [1.82, 2.24) is 15.2 Å². The van der Waals surface area contributed by atoms with Crippen LogP contribution in [0.1, 0.15) is 62.0 Å². The van der Waals surface area contributed by atoms with Gasteiger partial charge in [0.25, 0.3) is 5.91 Å². The van der Waals surface area contributed by atoms with Crippen molar-refractivity contribution < 1.29 is 19.4 Å². The largest absolute Gasteiger partial charge is 0.496 e. The van der Waals surface area contributed by atoms with Crippen LogP contribution in [-0.2, 0) is 11.3 Å². The summed E-state index contributed by atoms with van der Waals surface area (Å²) in [5.74, 6) is 0.368. The van der Waals surface area contributed by atoms with E-state index in [1.165, 1.54) is 22.0 Å². The molecule has 39 heavy (non-hydrogen) atoms. The number of fused-ring (bicyclic) bond motifs is 1. The number of aromatic nitrogens is 1. The van der Waals surface area contributed by atoms with E-state index in [1.807, 2.05) is 12.3 Å². The molecule has 0 spiro atoms. The lowest BCUT2D eigenvalue weighted by atomic mass is 9.93. The zero-order chi connectivity index (χ0) is 27.7. The second kappa shape index (κ2) is 14.4. The quantitative estimate of drug-likeness (QED) is 0.337. The van der Waals surface area contributed by atoms with Gasteiger partial charge >= 0.3 is 5.97 Å². The molecule has 0 aliphatic carbocycles. The maximum Gasteiger partial charge on any atom is 0.310 e. The first-order chi connectivity index (χ1) is 18.2. The number of carboxylic acids is 1. The van der Waals surface area contributed by atoms with E-state index < -0.39 is 11.4 Å². The van der Waals surface area contributed by atoms with Crippen LogP contribution in [0, 0.1) is 29.6 Å². The highest BCUT2D eigenvalue weighted by atomic mass is 16.5. The van der Waals surface area contributed by atoms with Gasteiger partial charge in [-0.25, -0.2) is 0 Å². The average molecular weight is 535 g/mol. The molecular formula is C31H42N4O4. The van der Waals surface area contributed by atoms with Crippen LogP contribution in [0.25, 0.3) is 10.9 Å². The van der Waals surface area contributed by atoms with Crippen LogP contribution in [0.4, 0.5) is 0 Å². The van der Waals surface area contributed by atoms with Crippen molar-refractivity contribution in [2.75, 3.05) is 26.7 Å². The van der Waals surface area contributed by atoms with Gasteiger partial charge in [-0.3, -0.25) is 14.5 Å². The summed E-state index contributed by atoms with van der Waals surface area (Å²) < 4.78 is 5.62. The molecule has 1 fully saturated rings. The first-order valence-corrected chi connectivity index (χ1v) is 13.0. The molecule has 3 aromatic rings. The van der Waals surface area contributed by atoms with Crippen LogP contribution in [0.2, 0.25) is 0 Å². The minimum atomic E-state index is -0.954. The van der Waals surface area contributed by atoms with Crippen molar-refractivity contribution in [3.05, 3.63) is 65.4 Å². The van der Waals surface area contributed by atoms with Crippen LogP contribution in [0.5, 0.6) is 5.75 Å². The molecule has 1 amide bonds. The Balaban J connectivity index is 0.000000281. The predicted molar refractivity (Wildman–Crippen MR) is 155 cm³/mol. The van der Waals surface area contributed by atoms with Crippen LogP contribution in [0.3, 0.4) is 0 Å². The van der Waals surface area contributed by atoms with Crippen LogP contribution in [0.15, 0.2) is 48.7 Å². The van der Waals surface area contributed by atoms with Crippen LogP contribution >= 0.6 is 0 Å². The number of aromatic amines is 1. The van der Waals surface area contributed by atoms with E-state index in [1.54, 1.807) is 45.2 Å². The molecule has 8 nitrogen and oxygen atoms in total. The topological polar surface area (TPSA) is 118 Å². The highest BCUT2D eigenvalue weighted by Gasteiger charge is 2.27. The molecule has 4 rings (SSSR count). The smallest absolute Gasteiger partial charge is 0.310 e. The van der Waals surface area contributed by atoms with Crippen molar-refractivity contribution in [2.24, 2.45) is 11.3 Å². The Labute approximate surface area is 232 Å². The Hall–Kier alpha value is -3.83. The van der Waals surface area contributed by atoms with E-state index in [4.69, 9.17) is 15.1 Å². The number of nitriles is 1. The molecule has 1 aliphatic rings. The number of ether oxygens (including phenoxy) is 1. The van der Waals surface area contributed by atoms with Crippen LogP contribution in [-0.4, -0.2) is 53.6 Å². The third-order valence-corrected chi connectivity index (χ3v) is 7.11. The molecule has 0 radical (unpaired) electrons. The van der Waals surface area contributed by atoms with Gasteiger partial charge in [-0.2, -0.15) is 5.26 Å². The SMILES string of the molecule is C.CC(C)(CNC(=O)c1ccccc1)C(=O)O.COc1cc(C)c2[nH]ccc2c1CN1CCC(CC#N)CC1. The Morgan fingerprint density at radius 3 is 2.46 bits per heavy atom. The first kappa shape index (κ1) is 31.4. The van der Waals surface area contributed by atoms with Gasteiger partial charge in [-0.1, -0.05) is 25.6 Å². The number of nitrogens with one attached hydrogen (secondary N) is 2. The first-order valence-electron chi connectivity index (χ1n) is 13.0. The Kier molecular flexibility index (Phi) is 11.6. The number of methoxy groups -OCH3 is 1. The van der Waals surface area contributed by atoms with Gasteiger partial charge in [0.2, 0.25) is 0 Å². The lowest BCUT2D eigenvalue weighted by molar-refractivity contribution is -0.146. The van der Waals surface area contributed by atoms with E-state index in [0.29, 0.717) is 17.9 Å². The molecule has 8 heteroatoms. The number of carbonyl (C=O) groups excluding carboxylic acids is 1. The predicted octanol–water partition coefficient (Wildman–Crippen LogP) is 5.77. The normalized spacial score (nSPS) is 13.9. The maximum absolute atomic E-state index is 11.6. The molecule has 1 saturated heterocycles. The van der Waals surface area contributed by atoms with Gasteiger partial charge in [-0.05, 0) is 82.4 Å². The summed E-state index contributed by atoms with van der Waals surface area (Å²) in [6.07, 6.45) is 4.94. The van der Waals surface area contributed by atoms with E-state index in [2.05, 4.69) is 40.3 Å². The molecule has 0 unspecified atom stereocenters. The Morgan fingerprint density at radius 2 is 1.87 bits per heavy atom. The number of likely N-dealkylation sites (tertiary alicyclic amines) is 1. The van der Waals surface area contributed by atoms with Crippen molar-refractivity contribution in [2.45, 2.75) is 54.0 Å². The summed E-state index contributed by atoms with van der Waals surface area (Å²) in [5.41, 5.74) is 3.26. The van der Waals surface area contributed by atoms with Crippen LogP contribution < -0.4 is 10.1 Å². The van der Waals surface area contributed by atoms with E-state index >= 15 is 0 Å². The number of hydrogen-bond donors (Lipinski definition) is 3. The summed E-state index contributed by atoms with van der Waals surface area (Å²) in [5, 5.41) is 21.6. The molecule has 1 aromatic heterocycles. The van der Waals surface area contributed by atoms with Crippen molar-refractivity contribution in [3.8, 4) is 11.8 Å². The molecule has 3 N–H and O–H groups in total. The average Bonchev–Trinajstić information content (AvgIpc) is 3.42. The summed E-state index contributed by atoms with van der Waals surface area (Å²) in [6, 6.07) is 15.3. The van der Waals surface area contributed by atoms with Gasteiger partial charge in [-0.15, -0.1) is 0 Å². The summed E-state index contributed by atoms with van der Waals surface area (Å²) in [4.78, 5) is 28.2. The summed E-state index contributed by atoms with van der Waals surface area (Å²) in [6.45, 7) is 8.40. The molecule has 0 atom stereocenters. The zero-order valence-corrected chi connectivity index (χ0v) is 22.7. The Morgan fingerprint density at radius 1 is 1.21 bits per heavy atom. The number of amides is 1. The number of benzene rings is 2. The highest BCUT2D eigenvalue weighted by Crippen LogP contribution is 2.32. The molecule has 210 valence electrons. The van der Waals surface area contributed by atoms with Gasteiger partial charge in [0.15, 0.2) is 0 Å². The molecule has 2 heterocycles. The van der Waals surface area contributed by atoms with Gasteiger partial charge in [0.1, 0.15) is 5.75 Å². The minimum absolute atomic E-state index is 0. The van der Waals surface area contributed by atoms with E-state index in [0.717, 1.165) is 38.2 Å². The fourth-order valence-corrected chi connectivity index (χ4v) is 4.55. The molecule has 1 aliphatic heterocycles. The minimum Gasteiger partial charge on any atom is -0.496 e. The lowest BCUT2D eigenvalue weighted by Crippen LogP contribution is -2.38. The number of piperidine rings is 1. The Bertz CT molecular complexity index is 1270. The monoisotopic (exact) mass is 534 g/mol. The fraction of sp³-hybridized carbons (Fsp3) is 0.452. The second-order valence-electron chi connectivity index (χ2n) is 10.5. The van der Waals surface area contributed by atoms with E-state index in [-0.39, 0.29) is 19.9 Å². The third kappa shape index (κ3) is 8.33. The number of carboxylic acid groups (broad SMARTS) is 1. The number of rotatable bonds is 8. The lowest BCUT2D eigenvalue weighted by Gasteiger charge is -2.31. The summed E-state index contributed by atoms with van der Waals surface area (Å²) >= 11 is 0. The third-order valence-electron chi connectivity index (χ3n) is 7.11. The molecule has 0 bridgehead atoms. The highest BCUT2D eigenvalue weighted by molar-refractivity contribution is 5.94. The number of hydrogen-bond acceptors (Lipinski definition) is 5. The molecule has 0 saturated carbocycles. The number of carbonyl (C=O) groups is 2. The second-order valence-corrected chi connectivity index (χ2v) is 10.5. The number of H-pyrrole nitrogens is 1. The number of aryl methyl sites for hydroxylation is 1. The summed E-state index contributed by atoms with van der Waals surface area (Å²) in [7, 11) is 1.75. The van der Waals surface area contributed by atoms with Gasteiger partial charge in [0, 0.05) is 47.7 Å². The number of aliphatic carboxylic acids is 1. The van der Waals surface area contributed by atoms with Crippen molar-refractivity contribution in [3.63, 3.8) is 0 Å². The maximum atomic E-state index is 11.6. The number of nitrogens with zero attached hydrogens (tertiary/aromatic N) is 2. The van der Waals surface area contributed by atoms with E-state index in [9.17, 15) is 9.59 Å². The fourth-order valence-electron chi connectivity index (χ4n) is 4.55. The van der Waals surface area contributed by atoms with Crippen molar-refractivity contribution >= 4 is 22.8 Å². The molecular weight excluding hydrogens is 492 g/mol. The standard InChI is InChI=1S/C18H23N3O.C12H15NO3.CH4/c1-13-11-17(22-2)16(15-4-8-20-18(13)15)12-21-9-5-14(3-7-19)6-10-21;1-12(2,11(15)16)8-13-10(14)9-6-4-3-5-7-9;/h4,8,11,14,20H,3,5-6,9-10,12H2,1-2H3;3-7H,8H2,1-2H3,(H,13,14)(H,15,16);1H4. The van der Waals surface area contributed by atoms with Crippen molar-refractivity contribution in [1.29, 1.82) is 5.26 Å². The van der Waals surface area contributed by atoms with Gasteiger partial charge < -0.3 is 20.1 Å². The zero-order valence-electron chi connectivity index (χ0n) is 22.7. The van der Waals surface area contributed by atoms with Gasteiger partial charge in [0.05, 0.1) is 18.6 Å². The molecule has 2 aromatic carbocycles.